The zero-order valence-corrected chi connectivity index (χ0v) is 8.45. The van der Waals surface area contributed by atoms with Gasteiger partial charge in [-0.1, -0.05) is 12.2 Å². The van der Waals surface area contributed by atoms with E-state index in [1.165, 1.54) is 0 Å². The smallest absolute Gasteiger partial charge is 0.123 e. The van der Waals surface area contributed by atoms with Gasteiger partial charge in [-0.15, -0.1) is 0 Å². The molecule has 2 heteroatoms. The number of phenolic OH excluding ortho intramolecular Hbond substituents is 1. The van der Waals surface area contributed by atoms with Crippen molar-refractivity contribution in [3.05, 3.63) is 34.9 Å². The van der Waals surface area contributed by atoms with E-state index < -0.39 is 0 Å². The summed E-state index contributed by atoms with van der Waals surface area (Å²) in [6.07, 6.45) is 5.03. The van der Waals surface area contributed by atoms with Crippen LogP contribution in [0.5, 0.6) is 5.75 Å². The molecule has 0 aliphatic carbocycles. The van der Waals surface area contributed by atoms with Crippen LogP contribution in [-0.4, -0.2) is 11.4 Å². The maximum atomic E-state index is 10.1. The summed E-state index contributed by atoms with van der Waals surface area (Å²) in [6, 6.07) is 3.43. The third-order valence-electron chi connectivity index (χ3n) is 2.10. The number of benzene rings is 1. The van der Waals surface area contributed by atoms with Crippen LogP contribution in [0.1, 0.15) is 23.1 Å². The number of phenols is 1. The lowest BCUT2D eigenvalue weighted by Crippen LogP contribution is -1.86. The number of carbonyl (C=O) groups excluding carboxylic acids is 1. The van der Waals surface area contributed by atoms with Gasteiger partial charge in [0.25, 0.3) is 0 Å². The Morgan fingerprint density at radius 1 is 1.29 bits per heavy atom. The molecule has 0 fully saturated rings. The number of hydrogen-bond donors (Lipinski definition) is 1. The van der Waals surface area contributed by atoms with Crippen molar-refractivity contribution in [2.45, 2.75) is 20.3 Å². The number of aryl methyl sites for hydroxylation is 2. The van der Waals surface area contributed by atoms with E-state index in [0.717, 1.165) is 23.0 Å². The van der Waals surface area contributed by atoms with Gasteiger partial charge >= 0.3 is 0 Å². The van der Waals surface area contributed by atoms with Crippen LogP contribution in [0, 0.1) is 13.8 Å². The van der Waals surface area contributed by atoms with E-state index in [-0.39, 0.29) is 5.75 Å². The second kappa shape index (κ2) is 4.61. The highest BCUT2D eigenvalue weighted by Crippen LogP contribution is 2.21. The van der Waals surface area contributed by atoms with Gasteiger partial charge < -0.3 is 9.90 Å². The summed E-state index contributed by atoms with van der Waals surface area (Å²) in [7, 11) is 0. The largest absolute Gasteiger partial charge is 0.508 e. The van der Waals surface area contributed by atoms with Crippen LogP contribution < -0.4 is 0 Å². The number of allylic oxidation sites excluding steroid dienone is 1. The van der Waals surface area contributed by atoms with Gasteiger partial charge in [0.15, 0.2) is 0 Å². The normalized spacial score (nSPS) is 10.7. The number of carbonyl (C=O) groups is 1. The van der Waals surface area contributed by atoms with Gasteiger partial charge in [-0.05, 0) is 42.7 Å². The van der Waals surface area contributed by atoms with E-state index in [1.54, 1.807) is 12.1 Å². The van der Waals surface area contributed by atoms with Crippen LogP contribution in [-0.2, 0) is 4.79 Å². The lowest BCUT2D eigenvalue weighted by Gasteiger charge is -2.05. The first-order valence-corrected chi connectivity index (χ1v) is 4.55. The third-order valence-corrected chi connectivity index (χ3v) is 2.10. The number of hydrogen-bond acceptors (Lipinski definition) is 2. The van der Waals surface area contributed by atoms with Crippen LogP contribution in [0.3, 0.4) is 0 Å². The van der Waals surface area contributed by atoms with Crippen molar-refractivity contribution in [3.8, 4) is 5.75 Å². The lowest BCUT2D eigenvalue weighted by atomic mass is 10.0. The van der Waals surface area contributed by atoms with Gasteiger partial charge in [0.05, 0.1) is 0 Å². The van der Waals surface area contributed by atoms with Crippen molar-refractivity contribution >= 4 is 12.4 Å². The first kappa shape index (κ1) is 10.5. The van der Waals surface area contributed by atoms with Gasteiger partial charge in [0.2, 0.25) is 0 Å². The van der Waals surface area contributed by atoms with E-state index in [4.69, 9.17) is 0 Å². The highest BCUT2D eigenvalue weighted by Gasteiger charge is 2.00. The molecule has 1 aromatic carbocycles. The molecule has 0 aromatic heterocycles. The Labute approximate surface area is 83.9 Å². The first-order chi connectivity index (χ1) is 6.65. The quantitative estimate of drug-likeness (QED) is 0.744. The lowest BCUT2D eigenvalue weighted by molar-refractivity contribution is -0.107. The second-order valence-corrected chi connectivity index (χ2v) is 3.30. The molecule has 0 spiro atoms. The molecule has 0 saturated carbocycles. The van der Waals surface area contributed by atoms with Crippen molar-refractivity contribution in [2.24, 2.45) is 0 Å². The Balaban J connectivity index is 3.02. The molecule has 0 radical (unpaired) electrons. The van der Waals surface area contributed by atoms with Crippen LogP contribution in [0.25, 0.3) is 6.08 Å². The average Bonchev–Trinajstić information content (AvgIpc) is 2.09. The number of rotatable bonds is 3. The van der Waals surface area contributed by atoms with E-state index in [0.29, 0.717) is 6.42 Å². The highest BCUT2D eigenvalue weighted by atomic mass is 16.3. The third kappa shape index (κ3) is 2.46. The molecule has 0 saturated heterocycles. The van der Waals surface area contributed by atoms with E-state index in [2.05, 4.69) is 0 Å². The Morgan fingerprint density at radius 2 is 1.86 bits per heavy atom. The maximum Gasteiger partial charge on any atom is 0.123 e. The average molecular weight is 190 g/mol. The molecule has 0 aliphatic heterocycles. The number of aromatic hydroxyl groups is 1. The first-order valence-electron chi connectivity index (χ1n) is 4.55. The fourth-order valence-electron chi connectivity index (χ4n) is 1.46. The minimum atomic E-state index is 0.285. The molecule has 74 valence electrons. The minimum Gasteiger partial charge on any atom is -0.508 e. The summed E-state index contributed by atoms with van der Waals surface area (Å²) in [5, 5.41) is 9.31. The molecule has 0 atom stereocenters. The Kier molecular flexibility index (Phi) is 3.46. The van der Waals surface area contributed by atoms with Gasteiger partial charge in [-0.25, -0.2) is 0 Å². The van der Waals surface area contributed by atoms with Crippen molar-refractivity contribution in [1.29, 1.82) is 0 Å². The molecule has 2 nitrogen and oxygen atoms in total. The molecule has 14 heavy (non-hydrogen) atoms. The molecule has 0 heterocycles. The van der Waals surface area contributed by atoms with E-state index in [1.807, 2.05) is 26.0 Å². The molecule has 1 N–H and O–H groups in total. The van der Waals surface area contributed by atoms with E-state index in [9.17, 15) is 9.90 Å². The predicted molar refractivity (Wildman–Crippen MR) is 57.3 cm³/mol. The number of aldehydes is 1. The summed E-state index contributed by atoms with van der Waals surface area (Å²) < 4.78 is 0. The minimum absolute atomic E-state index is 0.285. The van der Waals surface area contributed by atoms with Crippen molar-refractivity contribution in [3.63, 3.8) is 0 Å². The van der Waals surface area contributed by atoms with E-state index >= 15 is 0 Å². The van der Waals surface area contributed by atoms with Crippen LogP contribution in [0.15, 0.2) is 18.2 Å². The zero-order chi connectivity index (χ0) is 10.6. The fourth-order valence-corrected chi connectivity index (χ4v) is 1.46. The molecule has 0 unspecified atom stereocenters. The Bertz CT molecular complexity index is 342. The van der Waals surface area contributed by atoms with Gasteiger partial charge in [-0.3, -0.25) is 0 Å². The maximum absolute atomic E-state index is 10.1. The molecule has 0 bridgehead atoms. The summed E-state index contributed by atoms with van der Waals surface area (Å²) in [4.78, 5) is 10.1. The SMILES string of the molecule is Cc1cc(O)cc(C)c1C=CCC=O. The van der Waals surface area contributed by atoms with Crippen molar-refractivity contribution in [2.75, 3.05) is 0 Å². The summed E-state index contributed by atoms with van der Waals surface area (Å²) in [5.74, 6) is 0.285. The summed E-state index contributed by atoms with van der Waals surface area (Å²) >= 11 is 0. The second-order valence-electron chi connectivity index (χ2n) is 3.30. The van der Waals surface area contributed by atoms with Gasteiger partial charge in [-0.2, -0.15) is 0 Å². The Hall–Kier alpha value is -1.57. The summed E-state index contributed by atoms with van der Waals surface area (Å²) in [6.45, 7) is 3.88. The molecule has 1 aromatic rings. The molecule has 0 amide bonds. The molecular formula is C12H14O2. The molecular weight excluding hydrogens is 176 g/mol. The standard InChI is InChI=1S/C12H14O2/c1-9-7-11(14)8-10(2)12(9)5-3-4-6-13/h3,5-8,14H,4H2,1-2H3. The molecule has 1 rings (SSSR count). The molecule has 0 aliphatic rings. The van der Waals surface area contributed by atoms with Gasteiger partial charge in [0, 0.05) is 6.42 Å². The van der Waals surface area contributed by atoms with Gasteiger partial charge in [0.1, 0.15) is 12.0 Å². The zero-order valence-electron chi connectivity index (χ0n) is 8.45. The predicted octanol–water partition coefficient (Wildman–Crippen LogP) is 2.61. The van der Waals surface area contributed by atoms with Crippen molar-refractivity contribution < 1.29 is 9.90 Å². The summed E-state index contributed by atoms with van der Waals surface area (Å²) in [5.41, 5.74) is 3.11. The fraction of sp³-hybridized carbons (Fsp3) is 0.250. The highest BCUT2D eigenvalue weighted by molar-refractivity contribution is 5.62. The topological polar surface area (TPSA) is 37.3 Å². The van der Waals surface area contributed by atoms with Crippen LogP contribution in [0.2, 0.25) is 0 Å². The monoisotopic (exact) mass is 190 g/mol. The van der Waals surface area contributed by atoms with Crippen molar-refractivity contribution in [1.82, 2.24) is 0 Å². The Morgan fingerprint density at radius 3 is 2.36 bits per heavy atom. The van der Waals surface area contributed by atoms with Crippen LogP contribution >= 0.6 is 0 Å². The van der Waals surface area contributed by atoms with Crippen LogP contribution in [0.4, 0.5) is 0 Å².